The Morgan fingerprint density at radius 2 is 2.14 bits per heavy atom. The number of anilines is 1. The van der Waals surface area contributed by atoms with Crippen LogP contribution in [-0.4, -0.2) is 22.5 Å². The first-order valence-corrected chi connectivity index (χ1v) is 6.75. The molecular formula is C16H14FN3O2. The molecule has 0 radical (unpaired) electrons. The first-order chi connectivity index (χ1) is 10.6. The first-order valence-electron chi connectivity index (χ1n) is 6.75. The Morgan fingerprint density at radius 3 is 2.95 bits per heavy atom. The average molecular weight is 299 g/mol. The number of para-hydroxylation sites is 1. The predicted molar refractivity (Wildman–Crippen MR) is 81.4 cm³/mol. The van der Waals surface area contributed by atoms with E-state index in [-0.39, 0.29) is 18.3 Å². The van der Waals surface area contributed by atoms with Crippen molar-refractivity contribution in [2.45, 2.75) is 6.92 Å². The number of rotatable bonds is 4. The Hall–Kier alpha value is -2.89. The van der Waals surface area contributed by atoms with Gasteiger partial charge in [0.25, 0.3) is 5.91 Å². The second-order valence-electron chi connectivity index (χ2n) is 4.82. The summed E-state index contributed by atoms with van der Waals surface area (Å²) < 4.78 is 18.5. The quantitative estimate of drug-likeness (QED) is 0.778. The van der Waals surface area contributed by atoms with E-state index < -0.39 is 5.82 Å². The highest BCUT2D eigenvalue weighted by molar-refractivity contribution is 5.94. The van der Waals surface area contributed by atoms with Crippen LogP contribution >= 0.6 is 0 Å². The Morgan fingerprint density at radius 1 is 1.32 bits per heavy atom. The van der Waals surface area contributed by atoms with Crippen LogP contribution in [0.25, 0.3) is 11.0 Å². The number of carbonyl (C=O) groups is 1. The van der Waals surface area contributed by atoms with E-state index >= 15 is 0 Å². The highest BCUT2D eigenvalue weighted by atomic mass is 19.1. The molecule has 2 aromatic carbocycles. The molecule has 0 aliphatic rings. The number of amides is 1. The van der Waals surface area contributed by atoms with E-state index in [9.17, 15) is 9.18 Å². The molecule has 0 bridgehead atoms. The zero-order valence-corrected chi connectivity index (χ0v) is 11.9. The van der Waals surface area contributed by atoms with Crippen molar-refractivity contribution in [3.05, 3.63) is 54.1 Å². The van der Waals surface area contributed by atoms with Gasteiger partial charge < -0.3 is 15.0 Å². The van der Waals surface area contributed by atoms with E-state index in [2.05, 4.69) is 15.3 Å². The number of nitrogens with zero attached hydrogens (tertiary/aromatic N) is 1. The Bertz CT molecular complexity index is 829. The van der Waals surface area contributed by atoms with Gasteiger partial charge in [-0.15, -0.1) is 0 Å². The molecule has 2 N–H and O–H groups in total. The molecule has 5 nitrogen and oxygen atoms in total. The second kappa shape index (κ2) is 5.85. The van der Waals surface area contributed by atoms with Crippen molar-refractivity contribution in [2.24, 2.45) is 0 Å². The Labute approximate surface area is 126 Å². The van der Waals surface area contributed by atoms with E-state index in [0.29, 0.717) is 5.69 Å². The number of imidazole rings is 1. The third-order valence-electron chi connectivity index (χ3n) is 3.08. The van der Waals surface area contributed by atoms with Gasteiger partial charge in [0.15, 0.2) is 18.2 Å². The van der Waals surface area contributed by atoms with Crippen molar-refractivity contribution < 1.29 is 13.9 Å². The van der Waals surface area contributed by atoms with Gasteiger partial charge >= 0.3 is 0 Å². The van der Waals surface area contributed by atoms with Crippen molar-refractivity contribution in [3.63, 3.8) is 0 Å². The predicted octanol–water partition coefficient (Wildman–Crippen LogP) is 3.03. The Kier molecular flexibility index (Phi) is 3.74. The molecule has 0 unspecified atom stereocenters. The summed E-state index contributed by atoms with van der Waals surface area (Å²) in [6.07, 6.45) is 0. The number of nitrogens with one attached hydrogen (secondary N) is 2. The van der Waals surface area contributed by atoms with Gasteiger partial charge in [0, 0.05) is 5.69 Å². The van der Waals surface area contributed by atoms with Crippen LogP contribution in [0.4, 0.5) is 10.1 Å². The van der Waals surface area contributed by atoms with Crippen LogP contribution in [0.5, 0.6) is 5.75 Å². The SMILES string of the molecule is Cc1nc2ccc(NC(=O)COc3ccccc3F)cc2[nH]1. The van der Waals surface area contributed by atoms with Gasteiger partial charge in [-0.1, -0.05) is 12.1 Å². The smallest absolute Gasteiger partial charge is 0.262 e. The van der Waals surface area contributed by atoms with E-state index in [4.69, 9.17) is 4.74 Å². The molecule has 6 heteroatoms. The molecule has 0 atom stereocenters. The summed E-state index contributed by atoms with van der Waals surface area (Å²) in [4.78, 5) is 19.2. The van der Waals surface area contributed by atoms with Crippen molar-refractivity contribution in [2.75, 3.05) is 11.9 Å². The standard InChI is InChI=1S/C16H14FN3O2/c1-10-18-13-7-6-11(8-14(13)19-10)20-16(21)9-22-15-5-3-2-4-12(15)17/h2-8H,9H2,1H3,(H,18,19)(H,20,21). The van der Waals surface area contributed by atoms with Crippen LogP contribution in [0.2, 0.25) is 0 Å². The Balaban J connectivity index is 1.64. The zero-order chi connectivity index (χ0) is 15.5. The lowest BCUT2D eigenvalue weighted by atomic mass is 10.3. The van der Waals surface area contributed by atoms with Gasteiger partial charge in [0.05, 0.1) is 11.0 Å². The van der Waals surface area contributed by atoms with Crippen LogP contribution < -0.4 is 10.1 Å². The topological polar surface area (TPSA) is 67.0 Å². The third kappa shape index (κ3) is 3.06. The average Bonchev–Trinajstić information content (AvgIpc) is 2.86. The lowest BCUT2D eigenvalue weighted by molar-refractivity contribution is -0.118. The molecule has 1 heterocycles. The van der Waals surface area contributed by atoms with E-state index in [0.717, 1.165) is 16.9 Å². The number of fused-ring (bicyclic) bond motifs is 1. The van der Waals surface area contributed by atoms with Crippen molar-refractivity contribution in [1.29, 1.82) is 0 Å². The minimum atomic E-state index is -0.496. The molecule has 0 aliphatic carbocycles. The monoisotopic (exact) mass is 299 g/mol. The van der Waals surface area contributed by atoms with Gasteiger partial charge in [-0.3, -0.25) is 4.79 Å². The molecule has 1 aromatic heterocycles. The van der Waals surface area contributed by atoms with Crippen LogP contribution in [0.3, 0.4) is 0 Å². The summed E-state index contributed by atoms with van der Waals surface area (Å²) in [7, 11) is 0. The maximum Gasteiger partial charge on any atom is 0.262 e. The summed E-state index contributed by atoms with van der Waals surface area (Å²) >= 11 is 0. The number of carbonyl (C=O) groups excluding carboxylic acids is 1. The van der Waals surface area contributed by atoms with Crippen molar-refractivity contribution in [3.8, 4) is 5.75 Å². The number of ether oxygens (including phenoxy) is 1. The molecule has 0 saturated carbocycles. The number of aryl methyl sites for hydroxylation is 1. The van der Waals surface area contributed by atoms with Gasteiger partial charge in [-0.25, -0.2) is 9.37 Å². The first kappa shape index (κ1) is 14.1. The fraction of sp³-hybridized carbons (Fsp3) is 0.125. The molecule has 0 aliphatic heterocycles. The van der Waals surface area contributed by atoms with E-state index in [1.807, 2.05) is 13.0 Å². The molecule has 3 rings (SSSR count). The van der Waals surface area contributed by atoms with Crippen molar-refractivity contribution in [1.82, 2.24) is 9.97 Å². The van der Waals surface area contributed by atoms with Crippen LogP contribution in [-0.2, 0) is 4.79 Å². The van der Waals surface area contributed by atoms with E-state index in [1.165, 1.54) is 12.1 Å². The zero-order valence-electron chi connectivity index (χ0n) is 11.9. The number of hydrogen-bond acceptors (Lipinski definition) is 3. The molecule has 0 saturated heterocycles. The van der Waals surface area contributed by atoms with Crippen LogP contribution in [0.15, 0.2) is 42.5 Å². The van der Waals surface area contributed by atoms with Crippen LogP contribution in [0.1, 0.15) is 5.82 Å². The molecule has 22 heavy (non-hydrogen) atoms. The summed E-state index contributed by atoms with van der Waals surface area (Å²) in [6.45, 7) is 1.60. The third-order valence-corrected chi connectivity index (χ3v) is 3.08. The van der Waals surface area contributed by atoms with Gasteiger partial charge in [0.1, 0.15) is 5.82 Å². The number of hydrogen-bond donors (Lipinski definition) is 2. The summed E-state index contributed by atoms with van der Waals surface area (Å²) in [5, 5.41) is 2.70. The molecule has 3 aromatic rings. The molecular weight excluding hydrogens is 285 g/mol. The maximum absolute atomic E-state index is 13.4. The van der Waals surface area contributed by atoms with E-state index in [1.54, 1.807) is 24.3 Å². The largest absolute Gasteiger partial charge is 0.481 e. The summed E-state index contributed by atoms with van der Waals surface area (Å²) in [6, 6.07) is 11.3. The van der Waals surface area contributed by atoms with Gasteiger partial charge in [-0.05, 0) is 37.3 Å². The maximum atomic E-state index is 13.4. The summed E-state index contributed by atoms with van der Waals surface area (Å²) in [5.41, 5.74) is 2.29. The second-order valence-corrected chi connectivity index (χ2v) is 4.82. The normalized spacial score (nSPS) is 10.6. The number of aromatic nitrogens is 2. The molecule has 0 spiro atoms. The molecule has 0 fully saturated rings. The highest BCUT2D eigenvalue weighted by Crippen LogP contribution is 2.18. The number of aromatic amines is 1. The molecule has 112 valence electrons. The van der Waals surface area contributed by atoms with Gasteiger partial charge in [-0.2, -0.15) is 0 Å². The highest BCUT2D eigenvalue weighted by Gasteiger charge is 2.08. The molecule has 1 amide bonds. The fourth-order valence-corrected chi connectivity index (χ4v) is 2.12. The van der Waals surface area contributed by atoms with Crippen molar-refractivity contribution >= 4 is 22.6 Å². The minimum Gasteiger partial charge on any atom is -0.481 e. The summed E-state index contributed by atoms with van der Waals surface area (Å²) in [5.74, 6) is 0.00199. The lowest BCUT2D eigenvalue weighted by Gasteiger charge is -2.08. The minimum absolute atomic E-state index is 0.0531. The number of H-pyrrole nitrogens is 1. The van der Waals surface area contributed by atoms with Gasteiger partial charge in [0.2, 0.25) is 0 Å². The number of benzene rings is 2. The fourth-order valence-electron chi connectivity index (χ4n) is 2.12. The van der Waals surface area contributed by atoms with Crippen LogP contribution in [0, 0.1) is 12.7 Å². The number of halogens is 1. The lowest BCUT2D eigenvalue weighted by Crippen LogP contribution is -2.20.